The van der Waals surface area contributed by atoms with E-state index in [2.05, 4.69) is 13.5 Å². The third kappa shape index (κ3) is 2.70. The Morgan fingerprint density at radius 3 is 2.79 bits per heavy atom. The van der Waals surface area contributed by atoms with Crippen molar-refractivity contribution in [2.75, 3.05) is 6.61 Å². The lowest BCUT2D eigenvalue weighted by atomic mass is 9.46. The Labute approximate surface area is 144 Å². The van der Waals surface area contributed by atoms with Gasteiger partial charge in [0.1, 0.15) is 6.61 Å². The minimum Gasteiger partial charge on any atom is -0.481 e. The first-order valence-corrected chi connectivity index (χ1v) is 9.04. The van der Waals surface area contributed by atoms with Gasteiger partial charge in [-0.1, -0.05) is 25.5 Å². The molecule has 2 fully saturated rings. The number of esters is 1. The molecular weight excluding hydrogens is 304 g/mol. The molecule has 1 heterocycles. The van der Waals surface area contributed by atoms with Gasteiger partial charge in [-0.15, -0.1) is 0 Å². The number of carboxylic acid groups (broad SMARTS) is 1. The summed E-state index contributed by atoms with van der Waals surface area (Å²) in [5, 5.41) is 9.85. The summed E-state index contributed by atoms with van der Waals surface area (Å²) in [6.07, 6.45) is 8.03. The van der Waals surface area contributed by atoms with Gasteiger partial charge in [0.05, 0.1) is 5.41 Å². The van der Waals surface area contributed by atoms with Crippen molar-refractivity contribution in [1.29, 1.82) is 0 Å². The van der Waals surface area contributed by atoms with E-state index >= 15 is 0 Å². The molecular formula is C20H28O4. The van der Waals surface area contributed by atoms with Gasteiger partial charge >= 0.3 is 11.9 Å². The Balaban J connectivity index is 1.82. The highest BCUT2D eigenvalue weighted by atomic mass is 16.5. The van der Waals surface area contributed by atoms with Crippen molar-refractivity contribution in [2.24, 2.45) is 22.7 Å². The fourth-order valence-electron chi connectivity index (χ4n) is 5.63. The van der Waals surface area contributed by atoms with Crippen molar-refractivity contribution in [3.05, 3.63) is 23.8 Å². The minimum atomic E-state index is -0.651. The topological polar surface area (TPSA) is 63.6 Å². The maximum absolute atomic E-state index is 12.0. The van der Waals surface area contributed by atoms with Crippen molar-refractivity contribution in [1.82, 2.24) is 0 Å². The second kappa shape index (κ2) is 6.05. The van der Waals surface area contributed by atoms with Crippen LogP contribution in [-0.4, -0.2) is 23.7 Å². The van der Waals surface area contributed by atoms with Gasteiger partial charge in [0.25, 0.3) is 0 Å². The molecule has 0 aromatic heterocycles. The lowest BCUT2D eigenvalue weighted by Crippen LogP contribution is -2.53. The van der Waals surface area contributed by atoms with E-state index in [0.717, 1.165) is 50.5 Å². The van der Waals surface area contributed by atoms with Gasteiger partial charge in [0.2, 0.25) is 0 Å². The normalized spacial score (nSPS) is 39.2. The molecule has 4 nitrogen and oxygen atoms in total. The first kappa shape index (κ1) is 17.2. The number of fused-ring (bicyclic) bond motifs is 1. The van der Waals surface area contributed by atoms with Crippen LogP contribution in [0.3, 0.4) is 0 Å². The molecule has 3 rings (SSSR count). The predicted molar refractivity (Wildman–Crippen MR) is 91.3 cm³/mol. The van der Waals surface area contributed by atoms with Crippen molar-refractivity contribution in [3.63, 3.8) is 0 Å². The molecule has 4 unspecified atom stereocenters. The van der Waals surface area contributed by atoms with Gasteiger partial charge in [0.15, 0.2) is 0 Å². The number of carboxylic acids is 1. The number of aliphatic carboxylic acids is 1. The maximum Gasteiger partial charge on any atom is 0.331 e. The van der Waals surface area contributed by atoms with E-state index in [1.807, 2.05) is 6.92 Å². The lowest BCUT2D eigenvalue weighted by Gasteiger charge is -2.57. The maximum atomic E-state index is 12.0. The fourth-order valence-corrected chi connectivity index (χ4v) is 5.63. The van der Waals surface area contributed by atoms with E-state index in [-0.39, 0.29) is 17.3 Å². The van der Waals surface area contributed by atoms with Crippen molar-refractivity contribution < 1.29 is 19.4 Å². The Bertz CT molecular complexity index is 605. The number of cyclic esters (lactones) is 1. The summed E-state index contributed by atoms with van der Waals surface area (Å²) >= 11 is 0. The molecule has 1 N–H and O–H groups in total. The van der Waals surface area contributed by atoms with Crippen LogP contribution >= 0.6 is 0 Å². The zero-order valence-electron chi connectivity index (χ0n) is 14.8. The molecule has 3 aliphatic rings. The summed E-state index contributed by atoms with van der Waals surface area (Å²) in [6, 6.07) is 0. The summed E-state index contributed by atoms with van der Waals surface area (Å²) in [4.78, 5) is 23.2. The van der Waals surface area contributed by atoms with Gasteiger partial charge in [-0.05, 0) is 68.3 Å². The first-order chi connectivity index (χ1) is 11.3. The van der Waals surface area contributed by atoms with Gasteiger partial charge in [-0.3, -0.25) is 4.79 Å². The van der Waals surface area contributed by atoms with Crippen LogP contribution in [0.1, 0.15) is 58.8 Å². The molecule has 0 spiro atoms. The van der Waals surface area contributed by atoms with Crippen molar-refractivity contribution in [3.8, 4) is 0 Å². The van der Waals surface area contributed by atoms with E-state index in [9.17, 15) is 14.7 Å². The average molecular weight is 332 g/mol. The van der Waals surface area contributed by atoms with Gasteiger partial charge < -0.3 is 9.84 Å². The summed E-state index contributed by atoms with van der Waals surface area (Å²) < 4.78 is 5.00. The Hall–Kier alpha value is -1.58. The highest BCUT2D eigenvalue weighted by Crippen LogP contribution is 2.62. The number of ether oxygens (including phenoxy) is 1. The molecule has 24 heavy (non-hydrogen) atoms. The van der Waals surface area contributed by atoms with E-state index in [0.29, 0.717) is 12.5 Å². The number of hydrogen-bond donors (Lipinski definition) is 1. The van der Waals surface area contributed by atoms with Crippen LogP contribution in [0.2, 0.25) is 0 Å². The second-order valence-electron chi connectivity index (χ2n) is 8.33. The molecule has 2 saturated carbocycles. The van der Waals surface area contributed by atoms with Crippen LogP contribution < -0.4 is 0 Å². The van der Waals surface area contributed by atoms with Gasteiger partial charge in [-0.2, -0.15) is 0 Å². The molecule has 0 bridgehead atoms. The number of allylic oxidation sites excluding steroid dienone is 1. The molecule has 0 aromatic carbocycles. The highest BCUT2D eigenvalue weighted by molar-refractivity contribution is 5.85. The fraction of sp³-hybridized carbons (Fsp3) is 0.700. The van der Waals surface area contributed by atoms with E-state index in [1.54, 1.807) is 6.08 Å². The molecule has 4 atom stereocenters. The van der Waals surface area contributed by atoms with Crippen LogP contribution in [0, 0.1) is 22.7 Å². The van der Waals surface area contributed by atoms with Crippen molar-refractivity contribution in [2.45, 2.75) is 58.8 Å². The third-order valence-corrected chi connectivity index (χ3v) is 6.98. The van der Waals surface area contributed by atoms with Crippen LogP contribution in [0.5, 0.6) is 0 Å². The number of carbonyl (C=O) groups excluding carboxylic acids is 1. The molecule has 0 saturated heterocycles. The molecule has 2 aliphatic carbocycles. The third-order valence-electron chi connectivity index (χ3n) is 6.98. The smallest absolute Gasteiger partial charge is 0.331 e. The largest absolute Gasteiger partial charge is 0.481 e. The Morgan fingerprint density at radius 2 is 2.17 bits per heavy atom. The van der Waals surface area contributed by atoms with E-state index < -0.39 is 11.4 Å². The molecule has 0 amide bonds. The monoisotopic (exact) mass is 332 g/mol. The summed E-state index contributed by atoms with van der Waals surface area (Å²) in [6.45, 7) is 8.94. The lowest BCUT2D eigenvalue weighted by molar-refractivity contribution is -0.164. The highest BCUT2D eigenvalue weighted by Gasteiger charge is 2.57. The molecule has 1 aliphatic heterocycles. The standard InChI is InChI=1S/C20H28O4/c1-13-5-8-16-19(2,9-4-10-20(16,3)18(22)23)15(13)7-6-14-11-17(21)24-12-14/h11,15-16H,1,4-10,12H2,2-3H3,(H,22,23). The number of hydrogen-bond acceptors (Lipinski definition) is 3. The van der Waals surface area contributed by atoms with Crippen LogP contribution in [0.25, 0.3) is 0 Å². The second-order valence-corrected chi connectivity index (χ2v) is 8.33. The predicted octanol–water partition coefficient (Wildman–Crippen LogP) is 4.11. The quantitative estimate of drug-likeness (QED) is 0.621. The van der Waals surface area contributed by atoms with Crippen LogP contribution in [0.15, 0.2) is 23.8 Å². The molecule has 0 radical (unpaired) electrons. The van der Waals surface area contributed by atoms with E-state index in [4.69, 9.17) is 4.74 Å². The first-order valence-electron chi connectivity index (χ1n) is 9.04. The van der Waals surface area contributed by atoms with Gasteiger partial charge in [-0.25, -0.2) is 4.79 Å². The zero-order valence-corrected chi connectivity index (χ0v) is 14.8. The van der Waals surface area contributed by atoms with Crippen LogP contribution in [-0.2, 0) is 14.3 Å². The van der Waals surface area contributed by atoms with Crippen molar-refractivity contribution >= 4 is 11.9 Å². The molecule has 0 aromatic rings. The number of carbonyl (C=O) groups is 2. The SMILES string of the molecule is C=C1CCC2C(C)(C(=O)O)CCCC2(C)C1CCC1=CC(=O)OC1. The summed E-state index contributed by atoms with van der Waals surface area (Å²) in [5.41, 5.74) is 1.67. The molecule has 4 heteroatoms. The number of rotatable bonds is 4. The average Bonchev–Trinajstić information content (AvgIpc) is 2.91. The Morgan fingerprint density at radius 1 is 1.42 bits per heavy atom. The zero-order chi connectivity index (χ0) is 17.5. The van der Waals surface area contributed by atoms with Crippen LogP contribution in [0.4, 0.5) is 0 Å². The molecule has 132 valence electrons. The summed E-state index contributed by atoms with van der Waals surface area (Å²) in [7, 11) is 0. The minimum absolute atomic E-state index is 0.00917. The summed E-state index contributed by atoms with van der Waals surface area (Å²) in [5.74, 6) is -0.371. The Kier molecular flexibility index (Phi) is 4.35. The van der Waals surface area contributed by atoms with Gasteiger partial charge in [0, 0.05) is 6.08 Å². The van der Waals surface area contributed by atoms with E-state index in [1.165, 1.54) is 5.57 Å².